The van der Waals surface area contributed by atoms with Crippen LogP contribution in [-0.2, 0) is 0 Å². The molecule has 0 radical (unpaired) electrons. The van der Waals surface area contributed by atoms with Crippen LogP contribution in [0.3, 0.4) is 0 Å². The smallest absolute Gasteiger partial charge is 0.111 e. The molecule has 0 aromatic rings. The summed E-state index contributed by atoms with van der Waals surface area (Å²) in [6, 6.07) is 4.16. The lowest BCUT2D eigenvalue weighted by atomic mass is 10.0. The Morgan fingerprint density at radius 3 is 2.77 bits per heavy atom. The molecule has 1 aliphatic heterocycles. The zero-order chi connectivity index (χ0) is 9.90. The van der Waals surface area contributed by atoms with E-state index in [9.17, 15) is 0 Å². The first-order valence-corrected chi connectivity index (χ1v) is 4.84. The van der Waals surface area contributed by atoms with Gasteiger partial charge in [0.15, 0.2) is 0 Å². The first-order chi connectivity index (χ1) is 6.12. The highest BCUT2D eigenvalue weighted by Gasteiger charge is 2.33. The summed E-state index contributed by atoms with van der Waals surface area (Å²) in [6.45, 7) is 4.01. The third kappa shape index (κ3) is 1.94. The second-order valence-electron chi connectivity index (χ2n) is 3.09. The van der Waals surface area contributed by atoms with Gasteiger partial charge < -0.3 is 0 Å². The Morgan fingerprint density at radius 1 is 1.62 bits per heavy atom. The van der Waals surface area contributed by atoms with E-state index >= 15 is 0 Å². The van der Waals surface area contributed by atoms with Gasteiger partial charge in [-0.2, -0.15) is 10.5 Å². The number of hydrogen-bond acceptors (Lipinski definition) is 3. The van der Waals surface area contributed by atoms with Crippen molar-refractivity contribution in [2.45, 2.75) is 23.8 Å². The topological polar surface area (TPSA) is 47.6 Å². The molecule has 0 saturated carbocycles. The van der Waals surface area contributed by atoms with E-state index in [2.05, 4.69) is 6.07 Å². The molecule has 3 heteroatoms. The van der Waals surface area contributed by atoms with E-state index in [-0.39, 0.29) is 10.00 Å². The van der Waals surface area contributed by atoms with Crippen molar-refractivity contribution in [3.8, 4) is 12.1 Å². The van der Waals surface area contributed by atoms with Crippen molar-refractivity contribution in [1.29, 1.82) is 10.5 Å². The Bertz CT molecular complexity index is 343. The largest absolute Gasteiger partial charge is 0.197 e. The van der Waals surface area contributed by atoms with Crippen molar-refractivity contribution in [1.82, 2.24) is 0 Å². The van der Waals surface area contributed by atoms with Gasteiger partial charge in [-0.05, 0) is 13.8 Å². The van der Waals surface area contributed by atoms with Gasteiger partial charge in [0.05, 0.1) is 16.9 Å². The summed E-state index contributed by atoms with van der Waals surface area (Å²) >= 11 is 1.57. The molecule has 0 amide bonds. The Balaban J connectivity index is 2.87. The van der Waals surface area contributed by atoms with Crippen LogP contribution in [0.25, 0.3) is 0 Å². The molecule has 0 aliphatic carbocycles. The normalized spacial score (nSPS) is 32.6. The summed E-state index contributed by atoms with van der Waals surface area (Å²) in [5, 5.41) is 17.1. The number of allylic oxidation sites excluding steroid dienone is 1. The molecule has 13 heavy (non-hydrogen) atoms. The van der Waals surface area contributed by atoms with E-state index in [4.69, 9.17) is 10.5 Å². The molecule has 0 fully saturated rings. The van der Waals surface area contributed by atoms with E-state index < -0.39 is 0 Å². The minimum Gasteiger partial charge on any atom is -0.197 e. The van der Waals surface area contributed by atoms with E-state index in [1.807, 2.05) is 32.1 Å². The molecule has 1 aliphatic rings. The molecule has 0 N–H and O–H groups in total. The number of thioether (sulfide) groups is 1. The van der Waals surface area contributed by atoms with Gasteiger partial charge in [0.1, 0.15) is 5.25 Å². The van der Waals surface area contributed by atoms with Gasteiger partial charge in [0, 0.05) is 6.08 Å². The first-order valence-electron chi connectivity index (χ1n) is 3.96. The van der Waals surface area contributed by atoms with E-state index in [1.165, 1.54) is 6.08 Å². The van der Waals surface area contributed by atoms with Gasteiger partial charge in [-0.3, -0.25) is 0 Å². The van der Waals surface area contributed by atoms with Crippen LogP contribution in [0.4, 0.5) is 0 Å². The molecule has 0 saturated heterocycles. The molecule has 0 aromatic carbocycles. The van der Waals surface area contributed by atoms with Gasteiger partial charge in [0.25, 0.3) is 0 Å². The number of rotatable bonds is 1. The lowest BCUT2D eigenvalue weighted by molar-refractivity contribution is 0.941. The van der Waals surface area contributed by atoms with E-state index in [0.29, 0.717) is 0 Å². The molecule has 0 aromatic heterocycles. The van der Waals surface area contributed by atoms with Crippen LogP contribution in [0.15, 0.2) is 23.8 Å². The van der Waals surface area contributed by atoms with Crippen molar-refractivity contribution in [3.05, 3.63) is 23.8 Å². The number of nitriles is 2. The highest BCUT2D eigenvalue weighted by Crippen LogP contribution is 2.43. The molecule has 1 rings (SSSR count). The molecule has 66 valence electrons. The fourth-order valence-electron chi connectivity index (χ4n) is 1.21. The second-order valence-corrected chi connectivity index (χ2v) is 4.68. The van der Waals surface area contributed by atoms with Gasteiger partial charge in [-0.1, -0.05) is 17.7 Å². The van der Waals surface area contributed by atoms with E-state index in [0.717, 1.165) is 5.57 Å². The lowest BCUT2D eigenvalue weighted by Crippen LogP contribution is -2.15. The predicted octanol–water partition coefficient (Wildman–Crippen LogP) is 2.41. The molecular weight excluding hydrogens is 180 g/mol. The summed E-state index contributed by atoms with van der Waals surface area (Å²) < 4.78 is -0.171. The Kier molecular flexibility index (Phi) is 2.80. The predicted molar refractivity (Wildman–Crippen MR) is 53.9 cm³/mol. The fourth-order valence-corrected chi connectivity index (χ4v) is 2.47. The van der Waals surface area contributed by atoms with Gasteiger partial charge in [0.2, 0.25) is 0 Å². The molecule has 2 atom stereocenters. The standard InChI is InChI=1S/C10H10N2S/c1-8-6-9(7-12)13-10(8,2)4-3-5-11/h3-4,6,9H,1-2H3/b4-3+/t9?,10-/m1/s1. The van der Waals surface area contributed by atoms with Crippen molar-refractivity contribution >= 4 is 11.8 Å². The van der Waals surface area contributed by atoms with Gasteiger partial charge >= 0.3 is 0 Å². The number of nitrogens with zero attached hydrogens (tertiary/aromatic N) is 2. The minimum absolute atomic E-state index is 0.0756. The first kappa shape index (κ1) is 9.89. The van der Waals surface area contributed by atoms with Crippen molar-refractivity contribution in [2.75, 3.05) is 0 Å². The van der Waals surface area contributed by atoms with Crippen molar-refractivity contribution in [2.24, 2.45) is 0 Å². The van der Waals surface area contributed by atoms with Crippen LogP contribution in [-0.4, -0.2) is 10.00 Å². The average molecular weight is 190 g/mol. The summed E-state index contributed by atoms with van der Waals surface area (Å²) in [5.74, 6) is 0. The van der Waals surface area contributed by atoms with Crippen molar-refractivity contribution in [3.63, 3.8) is 0 Å². The van der Waals surface area contributed by atoms with E-state index in [1.54, 1.807) is 11.8 Å². The molecule has 0 spiro atoms. The summed E-state index contributed by atoms with van der Waals surface area (Å²) in [5.41, 5.74) is 1.15. The van der Waals surface area contributed by atoms with Gasteiger partial charge in [-0.25, -0.2) is 0 Å². The molecule has 2 nitrogen and oxygen atoms in total. The summed E-state index contributed by atoms with van der Waals surface area (Å²) in [6.07, 6.45) is 5.28. The Labute approximate surface area is 82.5 Å². The molecular formula is C10H10N2S. The molecule has 0 bridgehead atoms. The van der Waals surface area contributed by atoms with Crippen LogP contribution in [0.5, 0.6) is 0 Å². The highest BCUT2D eigenvalue weighted by atomic mass is 32.2. The lowest BCUT2D eigenvalue weighted by Gasteiger charge is -2.20. The third-order valence-electron chi connectivity index (χ3n) is 2.16. The SMILES string of the molecule is CC1=CC(C#N)S[C@]1(C)/C=C/C#N. The maximum Gasteiger partial charge on any atom is 0.111 e. The Morgan fingerprint density at radius 2 is 2.31 bits per heavy atom. The summed E-state index contributed by atoms with van der Waals surface area (Å²) in [7, 11) is 0. The fraction of sp³-hybridized carbons (Fsp3) is 0.400. The van der Waals surface area contributed by atoms with Crippen LogP contribution in [0.1, 0.15) is 13.8 Å². The van der Waals surface area contributed by atoms with Gasteiger partial charge in [-0.15, -0.1) is 11.8 Å². The van der Waals surface area contributed by atoms with Crippen molar-refractivity contribution < 1.29 is 0 Å². The Hall–Kier alpha value is -1.19. The van der Waals surface area contributed by atoms with Crippen LogP contribution in [0, 0.1) is 22.7 Å². The maximum atomic E-state index is 8.74. The van der Waals surface area contributed by atoms with Crippen LogP contribution in [0.2, 0.25) is 0 Å². The minimum atomic E-state index is -0.171. The maximum absolute atomic E-state index is 8.74. The average Bonchev–Trinajstić information content (AvgIpc) is 2.40. The highest BCUT2D eigenvalue weighted by molar-refractivity contribution is 8.02. The van der Waals surface area contributed by atoms with Crippen LogP contribution >= 0.6 is 11.8 Å². The zero-order valence-electron chi connectivity index (χ0n) is 7.61. The number of hydrogen-bond donors (Lipinski definition) is 0. The second kappa shape index (κ2) is 3.68. The van der Waals surface area contributed by atoms with Crippen LogP contribution < -0.4 is 0 Å². The molecule has 1 unspecified atom stereocenters. The molecule has 1 heterocycles. The zero-order valence-corrected chi connectivity index (χ0v) is 8.43. The summed E-state index contributed by atoms with van der Waals surface area (Å²) in [4.78, 5) is 0. The quantitative estimate of drug-likeness (QED) is 0.471. The monoisotopic (exact) mass is 190 g/mol. The third-order valence-corrected chi connectivity index (χ3v) is 3.60.